The number of nitrogens with zero attached hydrogens (tertiary/aromatic N) is 3. The largest absolute Gasteiger partial charge is 0.416 e. The Bertz CT molecular complexity index is 1200. The van der Waals surface area contributed by atoms with Crippen LogP contribution in [0.2, 0.25) is 0 Å². The maximum atomic E-state index is 13.0. The molecule has 0 aliphatic heterocycles. The minimum absolute atomic E-state index is 0.492. The number of rotatable bonds is 3. The zero-order valence-electron chi connectivity index (χ0n) is 16.8. The Morgan fingerprint density at radius 2 is 1.50 bits per heavy atom. The number of hydrogen-bond donors (Lipinski definition) is 0. The molecular weight excluding hydrogens is 387 g/mol. The highest BCUT2D eigenvalue weighted by Crippen LogP contribution is 2.33. The molecule has 0 saturated heterocycles. The van der Waals surface area contributed by atoms with Gasteiger partial charge in [-0.1, -0.05) is 18.2 Å². The molecule has 4 rings (SSSR count). The van der Waals surface area contributed by atoms with E-state index >= 15 is 0 Å². The first-order chi connectivity index (χ1) is 14.2. The minimum atomic E-state index is -4.37. The molecule has 6 heteroatoms. The standard InChI is InChI=1S/C24H20F3N3/c1-15-12-23(29-21-11-7-18(13-20(15)21)24(25,26)27)22-10-6-17(14-28-22)16-4-8-19(9-5-16)30(2)3/h4-14H,1-3H3. The predicted octanol–water partition coefficient (Wildman–Crippen LogP) is 6.36. The third-order valence-electron chi connectivity index (χ3n) is 5.09. The molecule has 152 valence electrons. The lowest BCUT2D eigenvalue weighted by atomic mass is 10.0. The van der Waals surface area contributed by atoms with Crippen molar-refractivity contribution in [2.45, 2.75) is 13.1 Å². The highest BCUT2D eigenvalue weighted by molar-refractivity contribution is 5.85. The van der Waals surface area contributed by atoms with Crippen LogP contribution in [0.25, 0.3) is 33.4 Å². The van der Waals surface area contributed by atoms with E-state index in [0.717, 1.165) is 34.5 Å². The summed E-state index contributed by atoms with van der Waals surface area (Å²) in [7, 11) is 3.99. The van der Waals surface area contributed by atoms with Crippen LogP contribution in [0.4, 0.5) is 18.9 Å². The van der Waals surface area contributed by atoms with Gasteiger partial charge in [-0.3, -0.25) is 4.98 Å². The second kappa shape index (κ2) is 7.44. The van der Waals surface area contributed by atoms with E-state index in [9.17, 15) is 13.2 Å². The Hall–Kier alpha value is -3.41. The summed E-state index contributed by atoms with van der Waals surface area (Å²) in [6, 6.07) is 17.4. The normalized spacial score (nSPS) is 11.7. The average molecular weight is 407 g/mol. The quantitative estimate of drug-likeness (QED) is 0.396. The molecule has 0 amide bonds. The second-order valence-corrected chi connectivity index (χ2v) is 7.43. The molecule has 0 saturated carbocycles. The smallest absolute Gasteiger partial charge is 0.378 e. The molecule has 0 unspecified atom stereocenters. The molecule has 0 aliphatic rings. The number of aromatic nitrogens is 2. The summed E-state index contributed by atoms with van der Waals surface area (Å²) in [5.74, 6) is 0. The topological polar surface area (TPSA) is 29.0 Å². The number of alkyl halides is 3. The summed E-state index contributed by atoms with van der Waals surface area (Å²) in [5.41, 5.74) is 5.04. The van der Waals surface area contributed by atoms with Crippen molar-refractivity contribution >= 4 is 16.6 Å². The molecule has 0 spiro atoms. The van der Waals surface area contributed by atoms with Gasteiger partial charge in [0.2, 0.25) is 0 Å². The fourth-order valence-corrected chi connectivity index (χ4v) is 3.37. The lowest BCUT2D eigenvalue weighted by molar-refractivity contribution is -0.137. The summed E-state index contributed by atoms with van der Waals surface area (Å²) in [6.45, 7) is 1.79. The lowest BCUT2D eigenvalue weighted by Gasteiger charge is -2.13. The monoisotopic (exact) mass is 407 g/mol. The van der Waals surface area contributed by atoms with Crippen molar-refractivity contribution in [1.29, 1.82) is 0 Å². The SMILES string of the molecule is Cc1cc(-c2ccc(-c3ccc(N(C)C)cc3)cn2)nc2ccc(C(F)(F)F)cc12. The van der Waals surface area contributed by atoms with Crippen molar-refractivity contribution in [3.05, 3.63) is 78.0 Å². The van der Waals surface area contributed by atoms with Crippen LogP contribution in [-0.4, -0.2) is 24.1 Å². The molecule has 30 heavy (non-hydrogen) atoms. The zero-order valence-corrected chi connectivity index (χ0v) is 16.8. The number of fused-ring (bicyclic) bond motifs is 1. The summed E-state index contributed by atoms with van der Waals surface area (Å²) < 4.78 is 39.0. The van der Waals surface area contributed by atoms with Crippen LogP contribution in [0, 0.1) is 6.92 Å². The number of halogens is 3. The Labute approximate surface area is 172 Å². The van der Waals surface area contributed by atoms with Gasteiger partial charge in [0, 0.05) is 36.9 Å². The van der Waals surface area contributed by atoms with E-state index < -0.39 is 11.7 Å². The molecule has 3 nitrogen and oxygen atoms in total. The molecule has 0 radical (unpaired) electrons. The molecule has 0 aliphatic carbocycles. The van der Waals surface area contributed by atoms with Gasteiger partial charge < -0.3 is 4.90 Å². The van der Waals surface area contributed by atoms with Gasteiger partial charge in [0.05, 0.1) is 22.5 Å². The van der Waals surface area contributed by atoms with Crippen LogP contribution >= 0.6 is 0 Å². The Balaban J connectivity index is 1.67. The summed E-state index contributed by atoms with van der Waals surface area (Å²) in [6.07, 6.45) is -2.59. The molecule has 4 aromatic rings. The van der Waals surface area contributed by atoms with Gasteiger partial charge in [0.1, 0.15) is 0 Å². The van der Waals surface area contributed by atoms with Gasteiger partial charge in [0.25, 0.3) is 0 Å². The third kappa shape index (κ3) is 3.85. The van der Waals surface area contributed by atoms with E-state index in [1.54, 1.807) is 19.2 Å². The fraction of sp³-hybridized carbons (Fsp3) is 0.167. The van der Waals surface area contributed by atoms with Gasteiger partial charge in [-0.05, 0) is 60.5 Å². The van der Waals surface area contributed by atoms with Gasteiger partial charge in [-0.2, -0.15) is 13.2 Å². The first-order valence-corrected chi connectivity index (χ1v) is 9.45. The molecule has 0 atom stereocenters. The van der Waals surface area contributed by atoms with Crippen molar-refractivity contribution in [2.75, 3.05) is 19.0 Å². The zero-order chi connectivity index (χ0) is 21.5. The van der Waals surface area contributed by atoms with Gasteiger partial charge >= 0.3 is 6.18 Å². The summed E-state index contributed by atoms with van der Waals surface area (Å²) >= 11 is 0. The first kappa shape index (κ1) is 19.9. The molecule has 0 N–H and O–H groups in total. The molecule has 2 heterocycles. The Morgan fingerprint density at radius 1 is 0.800 bits per heavy atom. The Morgan fingerprint density at radius 3 is 2.10 bits per heavy atom. The molecule has 2 aromatic heterocycles. The number of anilines is 1. The molecule has 2 aromatic carbocycles. The van der Waals surface area contributed by atoms with Crippen molar-refractivity contribution in [3.8, 4) is 22.5 Å². The highest BCUT2D eigenvalue weighted by atomic mass is 19.4. The maximum absolute atomic E-state index is 13.0. The van der Waals surface area contributed by atoms with E-state index in [1.165, 1.54) is 6.07 Å². The van der Waals surface area contributed by atoms with Crippen LogP contribution in [0.15, 0.2) is 66.9 Å². The van der Waals surface area contributed by atoms with E-state index in [1.807, 2.05) is 55.4 Å². The van der Waals surface area contributed by atoms with Crippen molar-refractivity contribution in [1.82, 2.24) is 9.97 Å². The van der Waals surface area contributed by atoms with Crippen LogP contribution in [0.3, 0.4) is 0 Å². The first-order valence-electron chi connectivity index (χ1n) is 9.45. The molecule has 0 bridgehead atoms. The summed E-state index contributed by atoms with van der Waals surface area (Å²) in [4.78, 5) is 11.1. The van der Waals surface area contributed by atoms with Gasteiger partial charge in [-0.25, -0.2) is 4.98 Å². The second-order valence-electron chi connectivity index (χ2n) is 7.43. The van der Waals surface area contributed by atoms with E-state index in [-0.39, 0.29) is 0 Å². The number of hydrogen-bond acceptors (Lipinski definition) is 3. The number of benzene rings is 2. The molecular formula is C24H20F3N3. The number of aryl methyl sites for hydroxylation is 1. The van der Waals surface area contributed by atoms with Gasteiger partial charge in [-0.15, -0.1) is 0 Å². The van der Waals surface area contributed by atoms with E-state index in [2.05, 4.69) is 9.97 Å². The predicted molar refractivity (Wildman–Crippen MR) is 114 cm³/mol. The van der Waals surface area contributed by atoms with Crippen LogP contribution in [-0.2, 0) is 6.18 Å². The van der Waals surface area contributed by atoms with Crippen molar-refractivity contribution in [3.63, 3.8) is 0 Å². The molecule has 0 fully saturated rings. The van der Waals surface area contributed by atoms with E-state index in [4.69, 9.17) is 0 Å². The highest BCUT2D eigenvalue weighted by Gasteiger charge is 2.30. The summed E-state index contributed by atoms with van der Waals surface area (Å²) in [5, 5.41) is 0.492. The van der Waals surface area contributed by atoms with Crippen molar-refractivity contribution in [2.24, 2.45) is 0 Å². The van der Waals surface area contributed by atoms with Crippen molar-refractivity contribution < 1.29 is 13.2 Å². The third-order valence-corrected chi connectivity index (χ3v) is 5.09. The van der Waals surface area contributed by atoms with Crippen LogP contribution in [0.5, 0.6) is 0 Å². The average Bonchev–Trinajstić information content (AvgIpc) is 2.73. The van der Waals surface area contributed by atoms with Crippen LogP contribution < -0.4 is 4.90 Å². The lowest BCUT2D eigenvalue weighted by Crippen LogP contribution is -2.07. The maximum Gasteiger partial charge on any atom is 0.416 e. The van der Waals surface area contributed by atoms with Gasteiger partial charge in [0.15, 0.2) is 0 Å². The van der Waals surface area contributed by atoms with E-state index in [0.29, 0.717) is 22.3 Å². The van der Waals surface area contributed by atoms with Crippen LogP contribution in [0.1, 0.15) is 11.1 Å². The number of pyridine rings is 2. The minimum Gasteiger partial charge on any atom is -0.378 e. The fourth-order valence-electron chi connectivity index (χ4n) is 3.37. The Kier molecular flexibility index (Phi) is 4.94.